The Hall–Kier alpha value is -1.45. The summed E-state index contributed by atoms with van der Waals surface area (Å²) in [5.41, 5.74) is 1.66. The molecule has 1 heterocycles. The summed E-state index contributed by atoms with van der Waals surface area (Å²) in [6.07, 6.45) is 4.11. The van der Waals surface area contributed by atoms with Crippen LogP contribution < -0.4 is 0 Å². The molecule has 1 fully saturated rings. The molecule has 0 N–H and O–H groups in total. The molecular formula is C16H16Cl2N2O. The van der Waals surface area contributed by atoms with Gasteiger partial charge in [-0.15, -0.1) is 0 Å². The predicted octanol–water partition coefficient (Wildman–Crippen LogP) is 4.14. The highest BCUT2D eigenvalue weighted by molar-refractivity contribution is 6.35. The minimum atomic E-state index is -0.0110. The number of rotatable bonds is 4. The van der Waals surface area contributed by atoms with Crippen molar-refractivity contribution < 1.29 is 4.79 Å². The molecule has 21 heavy (non-hydrogen) atoms. The quantitative estimate of drug-likeness (QED) is 0.830. The maximum Gasteiger partial charge on any atom is 0.254 e. The summed E-state index contributed by atoms with van der Waals surface area (Å²) in [6.45, 7) is 0.608. The zero-order valence-electron chi connectivity index (χ0n) is 11.7. The Kier molecular flexibility index (Phi) is 3.96. The molecule has 5 heteroatoms. The average molecular weight is 323 g/mol. The zero-order chi connectivity index (χ0) is 15.0. The average Bonchev–Trinajstić information content (AvgIpc) is 3.18. The SMILES string of the molecule is Cn1cccc1CN(C(=O)c1cc(Cl)cc(Cl)c1)C1CC1. The fourth-order valence-electron chi connectivity index (χ4n) is 2.43. The maximum atomic E-state index is 12.8. The van der Waals surface area contributed by atoms with Crippen molar-refractivity contribution >= 4 is 29.1 Å². The molecule has 1 aliphatic rings. The summed E-state index contributed by atoms with van der Waals surface area (Å²) in [6, 6.07) is 9.34. The molecule has 0 bridgehead atoms. The number of hydrogen-bond acceptors (Lipinski definition) is 1. The first kappa shape index (κ1) is 14.5. The minimum Gasteiger partial charge on any atom is -0.353 e. The van der Waals surface area contributed by atoms with Gasteiger partial charge >= 0.3 is 0 Å². The van der Waals surface area contributed by atoms with Crippen LogP contribution in [0.2, 0.25) is 10.0 Å². The molecule has 1 amide bonds. The van der Waals surface area contributed by atoms with E-state index in [0.29, 0.717) is 28.2 Å². The monoisotopic (exact) mass is 322 g/mol. The highest BCUT2D eigenvalue weighted by atomic mass is 35.5. The van der Waals surface area contributed by atoms with Crippen LogP contribution in [0, 0.1) is 0 Å². The number of aryl methyl sites for hydroxylation is 1. The Labute approximate surface area is 134 Å². The van der Waals surface area contributed by atoms with E-state index in [0.717, 1.165) is 18.5 Å². The van der Waals surface area contributed by atoms with Crippen molar-refractivity contribution in [3.05, 3.63) is 57.8 Å². The molecule has 0 aliphatic heterocycles. The van der Waals surface area contributed by atoms with Gasteiger partial charge in [-0.3, -0.25) is 4.79 Å². The minimum absolute atomic E-state index is 0.0110. The maximum absolute atomic E-state index is 12.8. The van der Waals surface area contributed by atoms with Gasteiger partial charge in [-0.25, -0.2) is 0 Å². The fourth-order valence-corrected chi connectivity index (χ4v) is 2.96. The number of amides is 1. The first-order chi connectivity index (χ1) is 10.0. The second kappa shape index (κ2) is 5.74. The van der Waals surface area contributed by atoms with Crippen molar-refractivity contribution in [2.45, 2.75) is 25.4 Å². The van der Waals surface area contributed by atoms with E-state index in [1.54, 1.807) is 18.2 Å². The summed E-state index contributed by atoms with van der Waals surface area (Å²) in [5, 5.41) is 0.973. The van der Waals surface area contributed by atoms with E-state index in [9.17, 15) is 4.79 Å². The van der Waals surface area contributed by atoms with Crippen LogP contribution in [-0.2, 0) is 13.6 Å². The first-order valence-corrected chi connectivity index (χ1v) is 7.67. The van der Waals surface area contributed by atoms with Crippen molar-refractivity contribution in [3.63, 3.8) is 0 Å². The van der Waals surface area contributed by atoms with Crippen molar-refractivity contribution in [2.24, 2.45) is 7.05 Å². The molecule has 0 saturated heterocycles. The van der Waals surface area contributed by atoms with Gasteiger partial charge in [-0.2, -0.15) is 0 Å². The van der Waals surface area contributed by atoms with Crippen LogP contribution in [0.4, 0.5) is 0 Å². The molecule has 1 aromatic heterocycles. The van der Waals surface area contributed by atoms with E-state index in [-0.39, 0.29) is 5.91 Å². The van der Waals surface area contributed by atoms with Crippen molar-refractivity contribution in [1.82, 2.24) is 9.47 Å². The van der Waals surface area contributed by atoms with E-state index in [1.807, 2.05) is 34.8 Å². The number of carbonyl (C=O) groups is 1. The summed E-state index contributed by atoms with van der Waals surface area (Å²) >= 11 is 12.0. The van der Waals surface area contributed by atoms with Gasteiger partial charge in [0.25, 0.3) is 5.91 Å². The van der Waals surface area contributed by atoms with Crippen LogP contribution in [0.5, 0.6) is 0 Å². The molecule has 3 nitrogen and oxygen atoms in total. The summed E-state index contributed by atoms with van der Waals surface area (Å²) in [4.78, 5) is 14.7. The van der Waals surface area contributed by atoms with E-state index < -0.39 is 0 Å². The van der Waals surface area contributed by atoms with Gasteiger partial charge in [-0.05, 0) is 43.2 Å². The number of nitrogens with zero attached hydrogens (tertiary/aromatic N) is 2. The summed E-state index contributed by atoms with van der Waals surface area (Å²) in [7, 11) is 1.99. The molecule has 0 radical (unpaired) electrons. The van der Waals surface area contributed by atoms with E-state index in [4.69, 9.17) is 23.2 Å². The second-order valence-electron chi connectivity index (χ2n) is 5.43. The fraction of sp³-hybridized carbons (Fsp3) is 0.312. The number of aromatic nitrogens is 1. The van der Waals surface area contributed by atoms with Crippen LogP contribution >= 0.6 is 23.2 Å². The molecule has 1 aliphatic carbocycles. The zero-order valence-corrected chi connectivity index (χ0v) is 13.2. The highest BCUT2D eigenvalue weighted by Gasteiger charge is 2.33. The van der Waals surface area contributed by atoms with Crippen molar-refractivity contribution in [1.29, 1.82) is 0 Å². The normalized spacial score (nSPS) is 14.2. The van der Waals surface area contributed by atoms with Gasteiger partial charge in [0.1, 0.15) is 0 Å². The van der Waals surface area contributed by atoms with Crippen LogP contribution in [0.1, 0.15) is 28.9 Å². The van der Waals surface area contributed by atoms with Gasteiger partial charge < -0.3 is 9.47 Å². The third-order valence-corrected chi connectivity index (χ3v) is 4.18. The topological polar surface area (TPSA) is 25.2 Å². The van der Waals surface area contributed by atoms with Gasteiger partial charge in [0.2, 0.25) is 0 Å². The molecular weight excluding hydrogens is 307 g/mol. The van der Waals surface area contributed by atoms with Crippen LogP contribution in [0.3, 0.4) is 0 Å². The second-order valence-corrected chi connectivity index (χ2v) is 6.31. The molecule has 1 saturated carbocycles. The number of carbonyl (C=O) groups excluding carboxylic acids is 1. The largest absolute Gasteiger partial charge is 0.353 e. The first-order valence-electron chi connectivity index (χ1n) is 6.92. The van der Waals surface area contributed by atoms with Crippen LogP contribution in [0.15, 0.2) is 36.5 Å². The van der Waals surface area contributed by atoms with Crippen molar-refractivity contribution in [2.75, 3.05) is 0 Å². The van der Waals surface area contributed by atoms with Crippen LogP contribution in [-0.4, -0.2) is 21.4 Å². The predicted molar refractivity (Wildman–Crippen MR) is 84.8 cm³/mol. The number of hydrogen-bond donors (Lipinski definition) is 0. The van der Waals surface area contributed by atoms with E-state index in [2.05, 4.69) is 0 Å². The van der Waals surface area contributed by atoms with Crippen LogP contribution in [0.25, 0.3) is 0 Å². The lowest BCUT2D eigenvalue weighted by Crippen LogP contribution is -2.33. The van der Waals surface area contributed by atoms with E-state index in [1.165, 1.54) is 0 Å². The van der Waals surface area contributed by atoms with Gasteiger partial charge in [-0.1, -0.05) is 23.2 Å². The van der Waals surface area contributed by atoms with Gasteiger partial charge in [0.15, 0.2) is 0 Å². The third-order valence-electron chi connectivity index (χ3n) is 3.74. The Morgan fingerprint density at radius 1 is 1.29 bits per heavy atom. The Morgan fingerprint density at radius 3 is 2.48 bits per heavy atom. The Morgan fingerprint density at radius 2 is 1.95 bits per heavy atom. The number of benzene rings is 1. The third kappa shape index (κ3) is 3.25. The smallest absolute Gasteiger partial charge is 0.254 e. The van der Waals surface area contributed by atoms with Gasteiger partial charge in [0.05, 0.1) is 6.54 Å². The number of halogens is 2. The van der Waals surface area contributed by atoms with E-state index >= 15 is 0 Å². The molecule has 2 aromatic rings. The highest BCUT2D eigenvalue weighted by Crippen LogP contribution is 2.31. The lowest BCUT2D eigenvalue weighted by molar-refractivity contribution is 0.0726. The molecule has 1 aromatic carbocycles. The molecule has 0 unspecified atom stereocenters. The molecule has 0 spiro atoms. The lowest BCUT2D eigenvalue weighted by atomic mass is 10.2. The standard InChI is InChI=1S/C16H16Cl2N2O/c1-19-6-2-3-15(19)10-20(14-4-5-14)16(21)11-7-12(17)9-13(18)8-11/h2-3,6-9,14H,4-5,10H2,1H3. The summed E-state index contributed by atoms with van der Waals surface area (Å²) < 4.78 is 2.04. The Bertz CT molecular complexity index is 656. The van der Waals surface area contributed by atoms with Crippen molar-refractivity contribution in [3.8, 4) is 0 Å². The molecule has 110 valence electrons. The Balaban J connectivity index is 1.86. The lowest BCUT2D eigenvalue weighted by Gasteiger charge is -2.23. The van der Waals surface area contributed by atoms with Gasteiger partial charge in [0, 0.05) is 40.6 Å². The summed E-state index contributed by atoms with van der Waals surface area (Å²) in [5.74, 6) is -0.0110. The molecule has 3 rings (SSSR count). The molecule has 0 atom stereocenters.